The van der Waals surface area contributed by atoms with Crippen LogP contribution in [0.2, 0.25) is 0 Å². The van der Waals surface area contributed by atoms with Crippen molar-refractivity contribution in [3.63, 3.8) is 0 Å². The molecule has 1 aromatic carbocycles. The van der Waals surface area contributed by atoms with Crippen molar-refractivity contribution in [1.82, 2.24) is 0 Å². The fourth-order valence-electron chi connectivity index (χ4n) is 2.41. The summed E-state index contributed by atoms with van der Waals surface area (Å²) in [6.45, 7) is 1.72. The Bertz CT molecular complexity index is 479. The van der Waals surface area contributed by atoms with Crippen molar-refractivity contribution in [2.24, 2.45) is 5.92 Å². The van der Waals surface area contributed by atoms with E-state index in [0.717, 1.165) is 25.7 Å². The van der Waals surface area contributed by atoms with Crippen LogP contribution >= 0.6 is 0 Å². The van der Waals surface area contributed by atoms with Gasteiger partial charge in [0.05, 0.1) is 11.5 Å². The van der Waals surface area contributed by atoms with Crippen molar-refractivity contribution in [3.8, 4) is 0 Å². The van der Waals surface area contributed by atoms with Crippen LogP contribution in [-0.2, 0) is 19.3 Å². The molecule has 0 aromatic heterocycles. The highest BCUT2D eigenvalue weighted by atomic mass is 17.2. The lowest BCUT2D eigenvalue weighted by Crippen LogP contribution is -2.25. The van der Waals surface area contributed by atoms with Crippen LogP contribution in [0.25, 0.3) is 0 Å². The van der Waals surface area contributed by atoms with Crippen molar-refractivity contribution >= 4 is 11.9 Å². The van der Waals surface area contributed by atoms with Gasteiger partial charge >= 0.3 is 11.9 Å². The minimum absolute atomic E-state index is 0.0334. The van der Waals surface area contributed by atoms with E-state index < -0.39 is 12.1 Å². The zero-order chi connectivity index (χ0) is 15.8. The van der Waals surface area contributed by atoms with Crippen LogP contribution < -0.4 is 0 Å². The lowest BCUT2D eigenvalue weighted by atomic mass is 9.89. The van der Waals surface area contributed by atoms with Gasteiger partial charge in [0.1, 0.15) is 12.7 Å². The average molecular weight is 306 g/mol. The minimum atomic E-state index is -0.500. The van der Waals surface area contributed by atoms with E-state index in [1.807, 2.05) is 6.07 Å². The van der Waals surface area contributed by atoms with Crippen molar-refractivity contribution in [1.29, 1.82) is 0 Å². The molecule has 1 aromatic rings. The van der Waals surface area contributed by atoms with Crippen LogP contribution in [0.1, 0.15) is 49.4 Å². The molecule has 5 nitrogen and oxygen atoms in total. The number of ether oxygens (including phenoxy) is 1. The van der Waals surface area contributed by atoms with Crippen molar-refractivity contribution in [2.75, 3.05) is 6.61 Å². The van der Waals surface area contributed by atoms with E-state index >= 15 is 0 Å². The summed E-state index contributed by atoms with van der Waals surface area (Å²) in [7, 11) is 0. The van der Waals surface area contributed by atoms with Gasteiger partial charge in [-0.2, -0.15) is 4.89 Å². The summed E-state index contributed by atoms with van der Waals surface area (Å²) in [5.41, 5.74) is 0.480. The Hall–Kier alpha value is -1.88. The van der Waals surface area contributed by atoms with Crippen LogP contribution in [-0.4, -0.2) is 24.6 Å². The SMILES string of the molecule is CC(COC(=O)c1ccccc1)OOC(=O)C1CCCCC1. The highest BCUT2D eigenvalue weighted by Gasteiger charge is 2.24. The average Bonchev–Trinajstić information content (AvgIpc) is 2.59. The third kappa shape index (κ3) is 5.15. The van der Waals surface area contributed by atoms with Crippen molar-refractivity contribution < 1.29 is 24.1 Å². The molecule has 120 valence electrons. The first-order chi connectivity index (χ1) is 10.7. The molecular weight excluding hydrogens is 284 g/mol. The van der Waals surface area contributed by atoms with Crippen molar-refractivity contribution in [3.05, 3.63) is 35.9 Å². The molecule has 2 rings (SSSR count). The molecule has 1 aliphatic rings. The first-order valence-electron chi connectivity index (χ1n) is 7.76. The summed E-state index contributed by atoms with van der Waals surface area (Å²) in [6.07, 6.45) is 4.52. The number of rotatable bonds is 6. The van der Waals surface area contributed by atoms with Gasteiger partial charge in [-0.25, -0.2) is 9.59 Å². The standard InChI is InChI=1S/C17H22O5/c1-13(12-20-16(18)14-8-4-2-5-9-14)21-22-17(19)15-10-6-3-7-11-15/h2,4-5,8-9,13,15H,3,6-7,10-12H2,1H3. The molecule has 1 atom stereocenters. The molecule has 5 heteroatoms. The molecule has 0 N–H and O–H groups in total. The lowest BCUT2D eigenvalue weighted by molar-refractivity contribution is -0.302. The van der Waals surface area contributed by atoms with Gasteiger partial charge in [0.25, 0.3) is 0 Å². The third-order valence-electron chi connectivity index (χ3n) is 3.69. The van der Waals surface area contributed by atoms with Gasteiger partial charge < -0.3 is 4.74 Å². The highest BCUT2D eigenvalue weighted by Crippen LogP contribution is 2.24. The van der Waals surface area contributed by atoms with E-state index in [1.54, 1.807) is 31.2 Å². The minimum Gasteiger partial charge on any atom is -0.459 e. The molecule has 0 bridgehead atoms. The first-order valence-corrected chi connectivity index (χ1v) is 7.76. The summed E-state index contributed by atoms with van der Waals surface area (Å²) >= 11 is 0. The Balaban J connectivity index is 1.66. The summed E-state index contributed by atoms with van der Waals surface area (Å²) in [5, 5.41) is 0. The fraction of sp³-hybridized carbons (Fsp3) is 0.529. The Kier molecular flexibility index (Phi) is 6.40. The number of benzene rings is 1. The summed E-state index contributed by atoms with van der Waals surface area (Å²) in [4.78, 5) is 33.4. The highest BCUT2D eigenvalue weighted by molar-refractivity contribution is 5.89. The summed E-state index contributed by atoms with van der Waals surface area (Å²) in [5.74, 6) is -0.802. The normalized spacial score (nSPS) is 16.8. The number of hydrogen-bond donors (Lipinski definition) is 0. The third-order valence-corrected chi connectivity index (χ3v) is 3.69. The monoisotopic (exact) mass is 306 g/mol. The number of carbonyl (C=O) groups is 2. The van der Waals surface area contributed by atoms with Gasteiger partial charge in [-0.3, -0.25) is 4.89 Å². The number of esters is 1. The maximum absolute atomic E-state index is 11.8. The molecule has 0 amide bonds. The molecule has 0 aliphatic heterocycles. The zero-order valence-corrected chi connectivity index (χ0v) is 12.8. The molecular formula is C17H22O5. The Morgan fingerprint density at radius 2 is 1.82 bits per heavy atom. The van der Waals surface area contributed by atoms with Crippen LogP contribution in [0.15, 0.2) is 30.3 Å². The van der Waals surface area contributed by atoms with E-state index in [0.29, 0.717) is 5.56 Å². The van der Waals surface area contributed by atoms with E-state index in [1.165, 1.54) is 6.42 Å². The van der Waals surface area contributed by atoms with Crippen molar-refractivity contribution in [2.45, 2.75) is 45.1 Å². The van der Waals surface area contributed by atoms with Gasteiger partial charge in [-0.1, -0.05) is 37.5 Å². The second-order valence-corrected chi connectivity index (χ2v) is 5.61. The predicted octanol–water partition coefficient (Wildman–Crippen LogP) is 3.29. The van der Waals surface area contributed by atoms with Crippen LogP contribution in [0.3, 0.4) is 0 Å². The van der Waals surface area contributed by atoms with Crippen LogP contribution in [0.4, 0.5) is 0 Å². The van der Waals surface area contributed by atoms with Gasteiger partial charge in [0.2, 0.25) is 0 Å². The summed E-state index contributed by atoms with van der Waals surface area (Å²) in [6, 6.07) is 8.71. The zero-order valence-electron chi connectivity index (χ0n) is 12.8. The first kappa shape index (κ1) is 16.5. The van der Waals surface area contributed by atoms with Crippen LogP contribution in [0, 0.1) is 5.92 Å². The topological polar surface area (TPSA) is 61.8 Å². The maximum Gasteiger partial charge on any atom is 0.345 e. The second-order valence-electron chi connectivity index (χ2n) is 5.61. The molecule has 1 saturated carbocycles. The van der Waals surface area contributed by atoms with Gasteiger partial charge in [-0.05, 0) is 31.9 Å². The van der Waals surface area contributed by atoms with E-state index in [-0.39, 0.29) is 18.5 Å². The van der Waals surface area contributed by atoms with E-state index in [2.05, 4.69) is 0 Å². The largest absolute Gasteiger partial charge is 0.459 e. The number of carbonyl (C=O) groups excluding carboxylic acids is 2. The molecule has 0 spiro atoms. The smallest absolute Gasteiger partial charge is 0.345 e. The van der Waals surface area contributed by atoms with Crippen LogP contribution in [0.5, 0.6) is 0 Å². The molecule has 1 fully saturated rings. The predicted molar refractivity (Wildman–Crippen MR) is 79.9 cm³/mol. The fourth-order valence-corrected chi connectivity index (χ4v) is 2.41. The number of hydrogen-bond acceptors (Lipinski definition) is 5. The Labute approximate surface area is 130 Å². The van der Waals surface area contributed by atoms with E-state index in [9.17, 15) is 9.59 Å². The van der Waals surface area contributed by atoms with Gasteiger partial charge in [0.15, 0.2) is 0 Å². The second kappa shape index (κ2) is 8.54. The maximum atomic E-state index is 11.8. The molecule has 0 radical (unpaired) electrons. The molecule has 22 heavy (non-hydrogen) atoms. The van der Waals surface area contributed by atoms with E-state index in [4.69, 9.17) is 14.5 Å². The molecule has 1 aliphatic carbocycles. The Morgan fingerprint density at radius 3 is 2.50 bits per heavy atom. The van der Waals surface area contributed by atoms with Gasteiger partial charge in [-0.15, -0.1) is 0 Å². The molecule has 0 heterocycles. The quantitative estimate of drug-likeness (QED) is 0.458. The molecule has 0 saturated heterocycles. The molecule has 1 unspecified atom stereocenters. The summed E-state index contributed by atoms with van der Waals surface area (Å²) < 4.78 is 5.11. The Morgan fingerprint density at radius 1 is 1.14 bits per heavy atom. The van der Waals surface area contributed by atoms with Gasteiger partial charge in [0, 0.05) is 0 Å². The lowest BCUT2D eigenvalue weighted by Gasteiger charge is -2.20.